The van der Waals surface area contributed by atoms with Gasteiger partial charge >= 0.3 is 0 Å². The Bertz CT molecular complexity index is 514. The maximum absolute atomic E-state index is 5.63. The molecule has 96 valence electrons. The average Bonchev–Trinajstić information content (AvgIpc) is 2.93. The van der Waals surface area contributed by atoms with Crippen molar-refractivity contribution in [1.82, 2.24) is 15.1 Å². The Kier molecular flexibility index (Phi) is 3.06. The zero-order chi connectivity index (χ0) is 12.4. The fraction of sp³-hybridized carbons (Fsp3) is 0.462. The Morgan fingerprint density at radius 1 is 1.56 bits per heavy atom. The number of aromatic nitrogens is 2. The van der Waals surface area contributed by atoms with E-state index < -0.39 is 0 Å². The first-order chi connectivity index (χ1) is 8.81. The van der Waals surface area contributed by atoms with E-state index in [4.69, 9.17) is 9.15 Å². The minimum Gasteiger partial charge on any atom is -0.482 e. The molecule has 0 aliphatic heterocycles. The van der Waals surface area contributed by atoms with Crippen molar-refractivity contribution < 1.29 is 9.15 Å². The molecule has 0 spiro atoms. The van der Waals surface area contributed by atoms with E-state index in [-0.39, 0.29) is 0 Å². The van der Waals surface area contributed by atoms with Gasteiger partial charge in [0.15, 0.2) is 5.75 Å². The van der Waals surface area contributed by atoms with Crippen molar-refractivity contribution >= 4 is 0 Å². The highest BCUT2D eigenvalue weighted by Crippen LogP contribution is 2.21. The maximum Gasteiger partial charge on any atom is 0.157 e. The van der Waals surface area contributed by atoms with Crippen LogP contribution in [0, 0.1) is 0 Å². The molecule has 1 aliphatic rings. The van der Waals surface area contributed by atoms with Gasteiger partial charge in [0.05, 0.1) is 18.7 Å². The number of ether oxygens (including phenoxy) is 1. The lowest BCUT2D eigenvalue weighted by molar-refractivity contribution is 0.268. The van der Waals surface area contributed by atoms with Crippen molar-refractivity contribution in [2.24, 2.45) is 7.05 Å². The van der Waals surface area contributed by atoms with Crippen LogP contribution in [0.25, 0.3) is 0 Å². The van der Waals surface area contributed by atoms with Crippen molar-refractivity contribution in [3.8, 4) is 5.75 Å². The van der Waals surface area contributed by atoms with Gasteiger partial charge in [-0.2, -0.15) is 5.10 Å². The quantitative estimate of drug-likeness (QED) is 0.846. The lowest BCUT2D eigenvalue weighted by atomic mass is 10.2. The summed E-state index contributed by atoms with van der Waals surface area (Å²) in [6.07, 6.45) is 7.83. The van der Waals surface area contributed by atoms with E-state index in [1.165, 1.54) is 18.4 Å². The molecule has 0 saturated heterocycles. The normalized spacial score (nSPS) is 14.9. The molecule has 0 unspecified atom stereocenters. The van der Waals surface area contributed by atoms with Gasteiger partial charge in [0, 0.05) is 25.2 Å². The van der Waals surface area contributed by atoms with Crippen molar-refractivity contribution in [2.45, 2.75) is 32.0 Å². The summed E-state index contributed by atoms with van der Waals surface area (Å²) >= 11 is 0. The highest BCUT2D eigenvalue weighted by molar-refractivity contribution is 5.18. The minimum atomic E-state index is 0.445. The van der Waals surface area contributed by atoms with E-state index in [1.54, 1.807) is 17.1 Å². The number of nitrogens with zero attached hydrogens (tertiary/aromatic N) is 2. The molecule has 5 nitrogen and oxygen atoms in total. The SMILES string of the molecule is Cn1cc(OCc2occc2CNC2CC2)cn1. The standard InChI is InChI=1S/C13H17N3O2/c1-16-8-12(7-15-16)18-9-13-10(4-5-17-13)6-14-11-2-3-11/h4-5,7-8,11,14H,2-3,6,9H2,1H3. The third-order valence-corrected chi connectivity index (χ3v) is 3.05. The molecule has 0 amide bonds. The van der Waals surface area contributed by atoms with E-state index in [0.29, 0.717) is 12.6 Å². The van der Waals surface area contributed by atoms with Crippen LogP contribution >= 0.6 is 0 Å². The van der Waals surface area contributed by atoms with Crippen LogP contribution in [0.15, 0.2) is 29.1 Å². The fourth-order valence-electron chi connectivity index (χ4n) is 1.82. The molecule has 2 aromatic rings. The van der Waals surface area contributed by atoms with Crippen LogP contribution in [0.1, 0.15) is 24.2 Å². The molecular weight excluding hydrogens is 230 g/mol. The highest BCUT2D eigenvalue weighted by atomic mass is 16.5. The van der Waals surface area contributed by atoms with Crippen molar-refractivity contribution in [3.63, 3.8) is 0 Å². The monoisotopic (exact) mass is 247 g/mol. The molecule has 0 atom stereocenters. The van der Waals surface area contributed by atoms with Crippen LogP contribution in [-0.4, -0.2) is 15.8 Å². The molecule has 0 aromatic carbocycles. The third-order valence-electron chi connectivity index (χ3n) is 3.05. The summed E-state index contributed by atoms with van der Waals surface area (Å²) in [5.41, 5.74) is 1.17. The second kappa shape index (κ2) is 4.86. The first-order valence-electron chi connectivity index (χ1n) is 6.21. The Morgan fingerprint density at radius 2 is 2.44 bits per heavy atom. The number of rotatable bonds is 6. The number of hydrogen-bond donors (Lipinski definition) is 1. The van der Waals surface area contributed by atoms with Crippen LogP contribution in [0.2, 0.25) is 0 Å². The van der Waals surface area contributed by atoms with Crippen molar-refractivity contribution in [1.29, 1.82) is 0 Å². The molecule has 1 fully saturated rings. The van der Waals surface area contributed by atoms with Crippen molar-refractivity contribution in [2.75, 3.05) is 0 Å². The number of furan rings is 1. The molecule has 5 heteroatoms. The summed E-state index contributed by atoms with van der Waals surface area (Å²) in [6, 6.07) is 2.70. The zero-order valence-corrected chi connectivity index (χ0v) is 10.4. The van der Waals surface area contributed by atoms with Gasteiger partial charge in [-0.1, -0.05) is 0 Å². The van der Waals surface area contributed by atoms with Crippen LogP contribution in [0.3, 0.4) is 0 Å². The summed E-state index contributed by atoms with van der Waals surface area (Å²) in [7, 11) is 1.87. The molecular formula is C13H17N3O2. The predicted molar refractivity (Wildman–Crippen MR) is 66.1 cm³/mol. The average molecular weight is 247 g/mol. The summed E-state index contributed by atoms with van der Waals surface area (Å²) in [4.78, 5) is 0. The highest BCUT2D eigenvalue weighted by Gasteiger charge is 2.21. The number of hydrogen-bond acceptors (Lipinski definition) is 4. The molecule has 0 radical (unpaired) electrons. The van der Waals surface area contributed by atoms with Crippen molar-refractivity contribution in [3.05, 3.63) is 36.0 Å². The van der Waals surface area contributed by atoms with E-state index in [0.717, 1.165) is 18.1 Å². The van der Waals surface area contributed by atoms with Crippen LogP contribution in [0.4, 0.5) is 0 Å². The van der Waals surface area contributed by atoms with Crippen LogP contribution in [0.5, 0.6) is 5.75 Å². The smallest absolute Gasteiger partial charge is 0.157 e. The van der Waals surface area contributed by atoms with E-state index >= 15 is 0 Å². The van der Waals surface area contributed by atoms with Gasteiger partial charge < -0.3 is 14.5 Å². The summed E-state index contributed by atoms with van der Waals surface area (Å²) < 4.78 is 12.8. The lowest BCUT2D eigenvalue weighted by Crippen LogP contribution is -2.16. The molecule has 2 heterocycles. The van der Waals surface area contributed by atoms with Gasteiger partial charge in [-0.05, 0) is 18.9 Å². The molecule has 0 bridgehead atoms. The molecule has 1 aliphatic carbocycles. The Morgan fingerprint density at radius 3 is 3.17 bits per heavy atom. The zero-order valence-electron chi connectivity index (χ0n) is 10.4. The van der Waals surface area contributed by atoms with Gasteiger partial charge in [-0.25, -0.2) is 0 Å². The maximum atomic E-state index is 5.63. The molecule has 3 rings (SSSR count). The van der Waals surface area contributed by atoms with Gasteiger partial charge in [0.25, 0.3) is 0 Å². The summed E-state index contributed by atoms with van der Waals surface area (Å²) in [6.45, 7) is 1.30. The topological polar surface area (TPSA) is 52.2 Å². The minimum absolute atomic E-state index is 0.445. The van der Waals surface area contributed by atoms with Gasteiger partial charge in [-0.3, -0.25) is 4.68 Å². The number of nitrogens with one attached hydrogen (secondary N) is 1. The van der Waals surface area contributed by atoms with Gasteiger partial charge in [0.2, 0.25) is 0 Å². The Labute approximate surface area is 106 Å². The second-order valence-electron chi connectivity index (χ2n) is 4.66. The molecule has 1 N–H and O–H groups in total. The molecule has 1 saturated carbocycles. The van der Waals surface area contributed by atoms with E-state index in [1.807, 2.05) is 19.3 Å². The van der Waals surface area contributed by atoms with Gasteiger partial charge in [-0.15, -0.1) is 0 Å². The Balaban J connectivity index is 1.56. The first kappa shape index (κ1) is 11.3. The number of aryl methyl sites for hydroxylation is 1. The molecule has 2 aromatic heterocycles. The van der Waals surface area contributed by atoms with Crippen LogP contribution < -0.4 is 10.1 Å². The second-order valence-corrected chi connectivity index (χ2v) is 4.66. The Hall–Kier alpha value is -1.75. The van der Waals surface area contributed by atoms with E-state index in [9.17, 15) is 0 Å². The first-order valence-corrected chi connectivity index (χ1v) is 6.21. The summed E-state index contributed by atoms with van der Waals surface area (Å²) in [5, 5.41) is 7.53. The third kappa shape index (κ3) is 2.73. The lowest BCUT2D eigenvalue weighted by Gasteiger charge is -2.05. The van der Waals surface area contributed by atoms with Gasteiger partial charge in [0.1, 0.15) is 12.4 Å². The summed E-state index contributed by atoms with van der Waals surface area (Å²) in [5.74, 6) is 1.64. The largest absolute Gasteiger partial charge is 0.482 e. The molecule has 18 heavy (non-hydrogen) atoms. The predicted octanol–water partition coefficient (Wildman–Crippen LogP) is 1.84. The fourth-order valence-corrected chi connectivity index (χ4v) is 1.82. The van der Waals surface area contributed by atoms with E-state index in [2.05, 4.69) is 10.4 Å². The van der Waals surface area contributed by atoms with Crippen LogP contribution in [-0.2, 0) is 20.2 Å².